The topological polar surface area (TPSA) is 50.2 Å². The van der Waals surface area contributed by atoms with Crippen molar-refractivity contribution in [2.45, 2.75) is 25.7 Å². The predicted molar refractivity (Wildman–Crippen MR) is 57.3 cm³/mol. The lowest BCUT2D eigenvalue weighted by Gasteiger charge is -2.17. The minimum atomic E-state index is -0.776. The van der Waals surface area contributed by atoms with Gasteiger partial charge in [0.05, 0.1) is 0 Å². The normalized spacial score (nSPS) is 16.5. The summed E-state index contributed by atoms with van der Waals surface area (Å²) in [5, 5.41) is 9.10. The SMILES string of the molecule is O=C(O)C1=C(c2ccncc2)CCCC1. The smallest absolute Gasteiger partial charge is 0.331 e. The van der Waals surface area contributed by atoms with E-state index < -0.39 is 5.97 Å². The molecule has 1 aliphatic rings. The zero-order valence-corrected chi connectivity index (χ0v) is 8.44. The van der Waals surface area contributed by atoms with Gasteiger partial charge in [0.2, 0.25) is 0 Å². The number of rotatable bonds is 2. The van der Waals surface area contributed by atoms with Gasteiger partial charge in [-0.3, -0.25) is 4.98 Å². The quantitative estimate of drug-likeness (QED) is 0.803. The lowest BCUT2D eigenvalue weighted by Crippen LogP contribution is -2.08. The molecule has 0 bridgehead atoms. The molecule has 0 aromatic carbocycles. The molecule has 3 heteroatoms. The van der Waals surface area contributed by atoms with Crippen molar-refractivity contribution in [1.82, 2.24) is 4.98 Å². The zero-order valence-electron chi connectivity index (χ0n) is 8.44. The van der Waals surface area contributed by atoms with Gasteiger partial charge >= 0.3 is 5.97 Å². The molecular formula is C12H13NO2. The van der Waals surface area contributed by atoms with Crippen molar-refractivity contribution in [2.24, 2.45) is 0 Å². The van der Waals surface area contributed by atoms with E-state index in [0.717, 1.165) is 30.4 Å². The number of carboxylic acids is 1. The molecule has 1 N–H and O–H groups in total. The van der Waals surface area contributed by atoms with Crippen molar-refractivity contribution in [1.29, 1.82) is 0 Å². The van der Waals surface area contributed by atoms with E-state index in [-0.39, 0.29) is 0 Å². The first kappa shape index (κ1) is 9.90. The number of hydrogen-bond acceptors (Lipinski definition) is 2. The molecule has 1 aliphatic carbocycles. The maximum Gasteiger partial charge on any atom is 0.331 e. The van der Waals surface area contributed by atoms with E-state index in [0.29, 0.717) is 12.0 Å². The van der Waals surface area contributed by atoms with Crippen LogP contribution >= 0.6 is 0 Å². The van der Waals surface area contributed by atoms with Gasteiger partial charge in [-0.2, -0.15) is 0 Å². The average molecular weight is 203 g/mol. The first-order valence-electron chi connectivity index (χ1n) is 5.15. The average Bonchev–Trinajstić information content (AvgIpc) is 2.30. The second-order valence-electron chi connectivity index (χ2n) is 3.71. The van der Waals surface area contributed by atoms with Crippen LogP contribution in [0, 0.1) is 0 Å². The van der Waals surface area contributed by atoms with Crippen molar-refractivity contribution in [2.75, 3.05) is 0 Å². The van der Waals surface area contributed by atoms with Crippen LogP contribution in [0.5, 0.6) is 0 Å². The van der Waals surface area contributed by atoms with Crippen LogP contribution in [-0.2, 0) is 4.79 Å². The van der Waals surface area contributed by atoms with Crippen LogP contribution in [0.25, 0.3) is 5.57 Å². The van der Waals surface area contributed by atoms with Crippen LogP contribution in [0.3, 0.4) is 0 Å². The fourth-order valence-corrected chi connectivity index (χ4v) is 2.01. The highest BCUT2D eigenvalue weighted by molar-refractivity contribution is 5.96. The molecule has 1 aromatic heterocycles. The highest BCUT2D eigenvalue weighted by Crippen LogP contribution is 2.31. The highest BCUT2D eigenvalue weighted by Gasteiger charge is 2.19. The number of hydrogen-bond donors (Lipinski definition) is 1. The van der Waals surface area contributed by atoms with Gasteiger partial charge in [-0.05, 0) is 49.0 Å². The summed E-state index contributed by atoms with van der Waals surface area (Å²) in [6.45, 7) is 0. The Labute approximate surface area is 88.5 Å². The number of pyridine rings is 1. The first-order chi connectivity index (χ1) is 7.29. The maximum atomic E-state index is 11.1. The summed E-state index contributed by atoms with van der Waals surface area (Å²) < 4.78 is 0. The Kier molecular flexibility index (Phi) is 2.81. The van der Waals surface area contributed by atoms with Crippen LogP contribution < -0.4 is 0 Å². The second-order valence-corrected chi connectivity index (χ2v) is 3.71. The van der Waals surface area contributed by atoms with Crippen molar-refractivity contribution in [3.05, 3.63) is 35.7 Å². The van der Waals surface area contributed by atoms with E-state index in [1.165, 1.54) is 0 Å². The molecular weight excluding hydrogens is 190 g/mol. The minimum absolute atomic E-state index is 0.576. The summed E-state index contributed by atoms with van der Waals surface area (Å²) in [5.41, 5.74) is 2.56. The van der Waals surface area contributed by atoms with Gasteiger partial charge < -0.3 is 5.11 Å². The Hall–Kier alpha value is -1.64. The van der Waals surface area contributed by atoms with Crippen LogP contribution in [0.1, 0.15) is 31.2 Å². The molecule has 0 aliphatic heterocycles. The van der Waals surface area contributed by atoms with Gasteiger partial charge in [-0.25, -0.2) is 4.79 Å². The third-order valence-electron chi connectivity index (χ3n) is 2.75. The van der Waals surface area contributed by atoms with Crippen LogP contribution in [0.4, 0.5) is 0 Å². The van der Waals surface area contributed by atoms with E-state index >= 15 is 0 Å². The van der Waals surface area contributed by atoms with Gasteiger partial charge in [0.15, 0.2) is 0 Å². The fraction of sp³-hybridized carbons (Fsp3) is 0.333. The van der Waals surface area contributed by atoms with E-state index in [4.69, 9.17) is 5.11 Å². The third kappa shape index (κ3) is 2.06. The first-order valence-corrected chi connectivity index (χ1v) is 5.15. The molecule has 1 heterocycles. The Balaban J connectivity index is 2.44. The van der Waals surface area contributed by atoms with Crippen molar-refractivity contribution in [3.63, 3.8) is 0 Å². The monoisotopic (exact) mass is 203 g/mol. The summed E-state index contributed by atoms with van der Waals surface area (Å²) in [4.78, 5) is 15.0. The van der Waals surface area contributed by atoms with Gasteiger partial charge in [0.1, 0.15) is 0 Å². The Morgan fingerprint density at radius 3 is 2.53 bits per heavy atom. The molecule has 0 spiro atoms. The lowest BCUT2D eigenvalue weighted by molar-refractivity contribution is -0.132. The van der Waals surface area contributed by atoms with E-state index in [1.54, 1.807) is 12.4 Å². The number of aliphatic carboxylic acids is 1. The summed E-state index contributed by atoms with van der Waals surface area (Å²) in [7, 11) is 0. The Bertz CT molecular complexity index is 395. The molecule has 0 amide bonds. The molecule has 3 nitrogen and oxygen atoms in total. The second kappa shape index (κ2) is 4.26. The van der Waals surface area contributed by atoms with E-state index in [1.807, 2.05) is 12.1 Å². The number of carboxylic acid groups (broad SMARTS) is 1. The zero-order chi connectivity index (χ0) is 10.7. The molecule has 2 rings (SSSR count). The lowest BCUT2D eigenvalue weighted by atomic mass is 9.88. The Morgan fingerprint density at radius 2 is 1.87 bits per heavy atom. The molecule has 0 fully saturated rings. The van der Waals surface area contributed by atoms with Crippen LogP contribution in [0.15, 0.2) is 30.1 Å². The molecule has 15 heavy (non-hydrogen) atoms. The van der Waals surface area contributed by atoms with Crippen molar-refractivity contribution < 1.29 is 9.90 Å². The maximum absolute atomic E-state index is 11.1. The molecule has 0 saturated carbocycles. The predicted octanol–water partition coefficient (Wildman–Crippen LogP) is 2.49. The number of allylic oxidation sites excluding steroid dienone is 1. The van der Waals surface area contributed by atoms with Crippen molar-refractivity contribution in [3.8, 4) is 0 Å². The summed E-state index contributed by atoms with van der Waals surface area (Å²) in [6.07, 6.45) is 7.02. The summed E-state index contributed by atoms with van der Waals surface area (Å²) >= 11 is 0. The standard InChI is InChI=1S/C12H13NO2/c14-12(15)11-4-2-1-3-10(11)9-5-7-13-8-6-9/h5-8H,1-4H2,(H,14,15). The summed E-state index contributed by atoms with van der Waals surface area (Å²) in [6, 6.07) is 3.76. The number of carbonyl (C=O) groups is 1. The van der Waals surface area contributed by atoms with Gasteiger partial charge in [0.25, 0.3) is 0 Å². The number of nitrogens with zero attached hydrogens (tertiary/aromatic N) is 1. The highest BCUT2D eigenvalue weighted by atomic mass is 16.4. The molecule has 0 radical (unpaired) electrons. The molecule has 78 valence electrons. The van der Waals surface area contributed by atoms with Crippen LogP contribution in [0.2, 0.25) is 0 Å². The fourth-order valence-electron chi connectivity index (χ4n) is 2.01. The van der Waals surface area contributed by atoms with Gasteiger partial charge in [-0.15, -0.1) is 0 Å². The molecule has 0 saturated heterocycles. The van der Waals surface area contributed by atoms with Gasteiger partial charge in [-0.1, -0.05) is 0 Å². The summed E-state index contributed by atoms with van der Waals surface area (Å²) in [5.74, 6) is -0.776. The minimum Gasteiger partial charge on any atom is -0.478 e. The molecule has 0 unspecified atom stereocenters. The van der Waals surface area contributed by atoms with Crippen LogP contribution in [-0.4, -0.2) is 16.1 Å². The van der Waals surface area contributed by atoms with Gasteiger partial charge in [0, 0.05) is 18.0 Å². The molecule has 1 aromatic rings. The third-order valence-corrected chi connectivity index (χ3v) is 2.75. The Morgan fingerprint density at radius 1 is 1.20 bits per heavy atom. The van der Waals surface area contributed by atoms with E-state index in [2.05, 4.69) is 4.98 Å². The van der Waals surface area contributed by atoms with E-state index in [9.17, 15) is 4.79 Å². The van der Waals surface area contributed by atoms with Crippen molar-refractivity contribution >= 4 is 11.5 Å². The number of aromatic nitrogens is 1. The largest absolute Gasteiger partial charge is 0.478 e. The molecule has 0 atom stereocenters.